The quantitative estimate of drug-likeness (QED) is 0.473. The number of aryl methyl sites for hydroxylation is 1. The first-order valence-electron chi connectivity index (χ1n) is 6.78. The smallest absolute Gasteiger partial charge is 0.365 e. The van der Waals surface area contributed by atoms with Gasteiger partial charge in [-0.25, -0.2) is 4.79 Å². The molecule has 0 aliphatic heterocycles. The van der Waals surface area contributed by atoms with Gasteiger partial charge in [0.05, 0.1) is 31.0 Å². The highest BCUT2D eigenvalue weighted by atomic mass is 35.5. The normalized spacial score (nSPS) is 10.6. The summed E-state index contributed by atoms with van der Waals surface area (Å²) >= 11 is 6.21. The number of methoxy groups -OCH3 is 2. The molecule has 6 heteroatoms. The zero-order valence-corrected chi connectivity index (χ0v) is 13.8. The highest BCUT2D eigenvalue weighted by Crippen LogP contribution is 2.36. The number of hydrogen-bond donors (Lipinski definition) is 0. The summed E-state index contributed by atoms with van der Waals surface area (Å²) in [5.74, 6) is 0.354. The molecule has 0 aliphatic rings. The van der Waals surface area contributed by atoms with Crippen LogP contribution in [0, 0.1) is 6.92 Å². The largest absolute Gasteiger partial charge is 0.493 e. The zero-order chi connectivity index (χ0) is 16.8. The van der Waals surface area contributed by atoms with Crippen molar-refractivity contribution >= 4 is 23.8 Å². The molecule has 0 amide bonds. The van der Waals surface area contributed by atoms with E-state index in [1.54, 1.807) is 24.3 Å². The molecule has 0 N–H and O–H groups in total. The molecular weight excluding hydrogens is 318 g/mol. The van der Waals surface area contributed by atoms with E-state index < -0.39 is 5.97 Å². The molecule has 0 saturated heterocycles. The Morgan fingerprint density at radius 2 is 1.78 bits per heavy atom. The van der Waals surface area contributed by atoms with Crippen molar-refractivity contribution in [2.45, 2.75) is 6.92 Å². The Hall–Kier alpha value is -2.53. The maximum Gasteiger partial charge on any atom is 0.365 e. The van der Waals surface area contributed by atoms with Crippen LogP contribution >= 0.6 is 11.6 Å². The Balaban J connectivity index is 2.11. The van der Waals surface area contributed by atoms with Crippen LogP contribution in [0.2, 0.25) is 5.02 Å². The van der Waals surface area contributed by atoms with Crippen molar-refractivity contribution in [2.75, 3.05) is 14.2 Å². The van der Waals surface area contributed by atoms with Gasteiger partial charge < -0.3 is 14.3 Å². The van der Waals surface area contributed by atoms with E-state index in [2.05, 4.69) is 5.16 Å². The standard InChI is InChI=1S/C17H16ClNO4/c1-11-4-6-12(7-5-11)17(20)23-19-10-13-8-9-14(21-2)16(22-3)15(13)18/h4-10H,1-3H3. The summed E-state index contributed by atoms with van der Waals surface area (Å²) in [4.78, 5) is 16.7. The minimum atomic E-state index is -0.544. The molecule has 0 aromatic heterocycles. The van der Waals surface area contributed by atoms with Gasteiger partial charge in [0.1, 0.15) is 0 Å². The van der Waals surface area contributed by atoms with Gasteiger partial charge in [0, 0.05) is 5.56 Å². The van der Waals surface area contributed by atoms with E-state index >= 15 is 0 Å². The molecule has 0 fully saturated rings. The molecule has 0 aliphatic carbocycles. The van der Waals surface area contributed by atoms with E-state index in [0.717, 1.165) is 5.56 Å². The molecule has 2 aromatic carbocycles. The van der Waals surface area contributed by atoms with Gasteiger partial charge in [-0.05, 0) is 31.2 Å². The summed E-state index contributed by atoms with van der Waals surface area (Å²) in [6.07, 6.45) is 1.34. The van der Waals surface area contributed by atoms with Crippen LogP contribution in [-0.2, 0) is 4.84 Å². The number of benzene rings is 2. The number of ether oxygens (including phenoxy) is 2. The fourth-order valence-corrected chi connectivity index (χ4v) is 2.16. The lowest BCUT2D eigenvalue weighted by Gasteiger charge is -2.10. The first kappa shape index (κ1) is 16.8. The molecule has 120 valence electrons. The van der Waals surface area contributed by atoms with E-state index in [4.69, 9.17) is 25.9 Å². The Morgan fingerprint density at radius 1 is 1.09 bits per heavy atom. The van der Waals surface area contributed by atoms with E-state index in [0.29, 0.717) is 27.6 Å². The van der Waals surface area contributed by atoms with Crippen LogP contribution in [0.25, 0.3) is 0 Å². The van der Waals surface area contributed by atoms with Crippen LogP contribution in [0.15, 0.2) is 41.6 Å². The van der Waals surface area contributed by atoms with Gasteiger partial charge in [-0.1, -0.05) is 34.5 Å². The summed E-state index contributed by atoms with van der Waals surface area (Å²) in [7, 11) is 3.01. The van der Waals surface area contributed by atoms with Crippen molar-refractivity contribution in [3.63, 3.8) is 0 Å². The van der Waals surface area contributed by atoms with Gasteiger partial charge in [0.2, 0.25) is 0 Å². The van der Waals surface area contributed by atoms with Crippen molar-refractivity contribution in [3.8, 4) is 11.5 Å². The van der Waals surface area contributed by atoms with Crippen molar-refractivity contribution in [3.05, 3.63) is 58.1 Å². The van der Waals surface area contributed by atoms with E-state index in [-0.39, 0.29) is 0 Å². The molecule has 0 bridgehead atoms. The lowest BCUT2D eigenvalue weighted by atomic mass is 10.2. The average molecular weight is 334 g/mol. The first-order valence-corrected chi connectivity index (χ1v) is 7.16. The van der Waals surface area contributed by atoms with Crippen LogP contribution in [0.5, 0.6) is 11.5 Å². The van der Waals surface area contributed by atoms with Crippen LogP contribution in [0.3, 0.4) is 0 Å². The second-order valence-corrected chi connectivity index (χ2v) is 5.06. The molecule has 0 radical (unpaired) electrons. The number of rotatable bonds is 5. The SMILES string of the molecule is COc1ccc(C=NOC(=O)c2ccc(C)cc2)c(Cl)c1OC. The summed E-state index contributed by atoms with van der Waals surface area (Å²) in [6.45, 7) is 1.94. The van der Waals surface area contributed by atoms with Gasteiger partial charge >= 0.3 is 5.97 Å². The van der Waals surface area contributed by atoms with E-state index in [1.165, 1.54) is 20.4 Å². The lowest BCUT2D eigenvalue weighted by molar-refractivity contribution is 0.0519. The van der Waals surface area contributed by atoms with Gasteiger partial charge in [-0.15, -0.1) is 0 Å². The number of halogens is 1. The Labute approximate surface area is 139 Å². The average Bonchev–Trinajstić information content (AvgIpc) is 2.56. The second-order valence-electron chi connectivity index (χ2n) is 4.68. The van der Waals surface area contributed by atoms with Crippen molar-refractivity contribution in [1.29, 1.82) is 0 Å². The highest BCUT2D eigenvalue weighted by molar-refractivity contribution is 6.34. The number of oxime groups is 1. The van der Waals surface area contributed by atoms with Crippen LogP contribution in [0.1, 0.15) is 21.5 Å². The monoisotopic (exact) mass is 333 g/mol. The third-order valence-corrected chi connectivity index (χ3v) is 3.52. The summed E-state index contributed by atoms with van der Waals surface area (Å²) < 4.78 is 10.3. The van der Waals surface area contributed by atoms with Crippen LogP contribution < -0.4 is 9.47 Å². The van der Waals surface area contributed by atoms with Crippen molar-refractivity contribution in [1.82, 2.24) is 0 Å². The van der Waals surface area contributed by atoms with Crippen molar-refractivity contribution < 1.29 is 19.1 Å². The molecule has 0 spiro atoms. The van der Waals surface area contributed by atoms with E-state index in [1.807, 2.05) is 19.1 Å². The fourth-order valence-electron chi connectivity index (χ4n) is 1.88. The number of carbonyl (C=O) groups excluding carboxylic acids is 1. The summed E-state index contributed by atoms with van der Waals surface area (Å²) in [6, 6.07) is 10.4. The number of carbonyl (C=O) groups is 1. The van der Waals surface area contributed by atoms with Gasteiger partial charge in [-0.3, -0.25) is 0 Å². The predicted octanol–water partition coefficient (Wildman–Crippen LogP) is 3.86. The maximum atomic E-state index is 11.8. The predicted molar refractivity (Wildman–Crippen MR) is 88.7 cm³/mol. The fraction of sp³-hybridized carbons (Fsp3) is 0.176. The molecule has 0 heterocycles. The molecule has 23 heavy (non-hydrogen) atoms. The molecule has 2 rings (SSSR count). The van der Waals surface area contributed by atoms with E-state index in [9.17, 15) is 4.79 Å². The molecule has 0 atom stereocenters. The van der Waals surface area contributed by atoms with Gasteiger partial charge in [-0.2, -0.15) is 0 Å². The number of nitrogens with zero attached hydrogens (tertiary/aromatic N) is 1. The third kappa shape index (κ3) is 4.02. The third-order valence-electron chi connectivity index (χ3n) is 3.13. The minimum absolute atomic E-state index is 0.321. The first-order chi connectivity index (χ1) is 11.1. The Morgan fingerprint density at radius 3 is 2.39 bits per heavy atom. The second kappa shape index (κ2) is 7.65. The lowest BCUT2D eigenvalue weighted by Crippen LogP contribution is -2.01. The van der Waals surface area contributed by atoms with Crippen LogP contribution in [-0.4, -0.2) is 26.4 Å². The van der Waals surface area contributed by atoms with Crippen LogP contribution in [0.4, 0.5) is 0 Å². The molecular formula is C17H16ClNO4. The topological polar surface area (TPSA) is 57.1 Å². The molecule has 0 unspecified atom stereocenters. The molecule has 2 aromatic rings. The van der Waals surface area contributed by atoms with Gasteiger partial charge in [0.15, 0.2) is 11.5 Å². The van der Waals surface area contributed by atoms with Crippen molar-refractivity contribution in [2.24, 2.45) is 5.16 Å². The maximum absolute atomic E-state index is 11.8. The molecule has 0 saturated carbocycles. The number of hydrogen-bond acceptors (Lipinski definition) is 5. The molecule has 5 nitrogen and oxygen atoms in total. The summed E-state index contributed by atoms with van der Waals surface area (Å²) in [5, 5.41) is 4.00. The Kier molecular flexibility index (Phi) is 5.60. The zero-order valence-electron chi connectivity index (χ0n) is 13.0. The highest BCUT2D eigenvalue weighted by Gasteiger charge is 2.12. The Bertz CT molecular complexity index is 726. The van der Waals surface area contributed by atoms with Gasteiger partial charge in [0.25, 0.3) is 0 Å². The summed E-state index contributed by atoms with van der Waals surface area (Å²) in [5.41, 5.74) is 2.02. The minimum Gasteiger partial charge on any atom is -0.493 e.